The molecule has 0 aliphatic carbocycles. The number of aromatic nitrogens is 2. The lowest BCUT2D eigenvalue weighted by Crippen LogP contribution is -2.56. The predicted octanol–water partition coefficient (Wildman–Crippen LogP) is 8.19. The molecule has 2 aromatic heterocycles. The van der Waals surface area contributed by atoms with E-state index in [1.807, 2.05) is 19.1 Å². The van der Waals surface area contributed by atoms with E-state index >= 15 is 0 Å². The van der Waals surface area contributed by atoms with E-state index in [-0.39, 0.29) is 29.6 Å². The molecule has 4 heterocycles. The van der Waals surface area contributed by atoms with E-state index in [1.54, 1.807) is 43.5 Å². The minimum Gasteiger partial charge on any atom is -0.481 e. The number of nitrogens with zero attached hydrogens (tertiary/aromatic N) is 4. The van der Waals surface area contributed by atoms with Crippen LogP contribution in [-0.4, -0.2) is 58.9 Å². The van der Waals surface area contributed by atoms with Crippen LogP contribution in [0.15, 0.2) is 60.8 Å². The molecule has 1 amide bonds. The summed E-state index contributed by atoms with van der Waals surface area (Å²) in [5.41, 5.74) is 3.94. The number of anilines is 1. The summed E-state index contributed by atoms with van der Waals surface area (Å²) in [5, 5.41) is 0. The van der Waals surface area contributed by atoms with E-state index in [4.69, 9.17) is 14.5 Å². The fourth-order valence-electron chi connectivity index (χ4n) is 6.33. The molecule has 0 radical (unpaired) electrons. The molecule has 2 atom stereocenters. The summed E-state index contributed by atoms with van der Waals surface area (Å²) in [5.74, 6) is -2.42. The topological polar surface area (TPSA) is 84.9 Å². The van der Waals surface area contributed by atoms with Crippen molar-refractivity contribution in [2.75, 3.05) is 25.1 Å². The second-order valence-electron chi connectivity index (χ2n) is 12.5. The van der Waals surface area contributed by atoms with Crippen molar-refractivity contribution in [3.63, 3.8) is 0 Å². The van der Waals surface area contributed by atoms with Gasteiger partial charge in [0, 0.05) is 28.5 Å². The molecule has 4 aromatic rings. The Morgan fingerprint density at radius 1 is 1.02 bits per heavy atom. The number of amides is 1. The molecule has 2 aliphatic rings. The summed E-state index contributed by atoms with van der Waals surface area (Å²) < 4.78 is 79.8. The quantitative estimate of drug-likeness (QED) is 0.137. The van der Waals surface area contributed by atoms with Crippen molar-refractivity contribution in [1.82, 2.24) is 14.9 Å². The van der Waals surface area contributed by atoms with Gasteiger partial charge in [-0.15, -0.1) is 0 Å². The van der Waals surface area contributed by atoms with E-state index < -0.39 is 49.0 Å². The number of halogens is 5. The zero-order valence-corrected chi connectivity index (χ0v) is 27.4. The van der Waals surface area contributed by atoms with Crippen molar-refractivity contribution in [3.8, 4) is 28.1 Å². The van der Waals surface area contributed by atoms with E-state index in [0.717, 1.165) is 23.3 Å². The predicted molar refractivity (Wildman–Crippen MR) is 172 cm³/mol. The van der Waals surface area contributed by atoms with Gasteiger partial charge in [-0.3, -0.25) is 9.69 Å². The number of methoxy groups -OCH3 is 1. The van der Waals surface area contributed by atoms with Crippen LogP contribution in [0.3, 0.4) is 0 Å². The summed E-state index contributed by atoms with van der Waals surface area (Å²) in [6, 6.07) is 13.3. The number of hydrogen-bond acceptors (Lipinski definition) is 7. The lowest BCUT2D eigenvalue weighted by molar-refractivity contribution is -0.137. The van der Waals surface area contributed by atoms with Crippen molar-refractivity contribution < 1.29 is 41.0 Å². The van der Waals surface area contributed by atoms with Crippen molar-refractivity contribution in [1.29, 1.82) is 0 Å². The summed E-state index contributed by atoms with van der Waals surface area (Å²) in [6.45, 7) is 5.37. The minimum absolute atomic E-state index is 0.0703. The average Bonchev–Trinajstić information content (AvgIpc) is 3.31. The maximum Gasteiger partial charge on any atom is 0.416 e. The van der Waals surface area contributed by atoms with Gasteiger partial charge >= 0.3 is 12.3 Å². The number of hydrogen-bond donors (Lipinski definition) is 0. The standard InChI is InChI=1S/C36H33F5N4O4/c1-19-10-24(13-26(11-19)36(39,40)41)32-21(3)45(34(47)49-32)16-30-28(8-9-31(43-30)44-17-35(37,38)18-44)29-14-25(15-42-33(29)48-5)27-7-6-23(22(4)46)12-20(27)2/h6-15,21,32H,16-18H2,1-5H3/t21-,32-/m0/s1. The number of aryl methyl sites for hydroxylation is 2. The van der Waals surface area contributed by atoms with Crippen molar-refractivity contribution in [3.05, 3.63) is 94.3 Å². The highest BCUT2D eigenvalue weighted by Gasteiger charge is 2.45. The smallest absolute Gasteiger partial charge is 0.416 e. The second kappa shape index (κ2) is 12.4. The van der Waals surface area contributed by atoms with Gasteiger partial charge in [0.25, 0.3) is 5.92 Å². The molecule has 0 unspecified atom stereocenters. The molecule has 6 rings (SSSR count). The Kier molecular flexibility index (Phi) is 8.58. The number of rotatable bonds is 8. The number of Topliss-reactive ketones (excluding diaryl/α,β-unsaturated/α-hetero) is 1. The SMILES string of the molecule is COc1ncc(-c2ccc(C(C)=O)cc2C)cc1-c1ccc(N2CC(F)(F)C2)nc1CN1C(=O)O[C@H](c2cc(C)cc(C(F)(F)F)c2)[C@@H]1C. The Morgan fingerprint density at radius 2 is 1.73 bits per heavy atom. The first-order chi connectivity index (χ1) is 23.0. The molecule has 0 N–H and O–H groups in total. The van der Waals surface area contributed by atoms with Gasteiger partial charge in [-0.2, -0.15) is 13.2 Å². The van der Waals surface area contributed by atoms with Crippen LogP contribution in [0.4, 0.5) is 32.6 Å². The Morgan fingerprint density at radius 3 is 2.37 bits per heavy atom. The maximum absolute atomic E-state index is 13.8. The highest BCUT2D eigenvalue weighted by atomic mass is 19.4. The Labute approximate surface area is 279 Å². The molecule has 2 saturated heterocycles. The third kappa shape index (κ3) is 6.66. The molecule has 0 spiro atoms. The number of ether oxygens (including phenoxy) is 2. The minimum atomic E-state index is -4.59. The van der Waals surface area contributed by atoms with Gasteiger partial charge in [0.15, 0.2) is 5.78 Å². The molecule has 2 aliphatic heterocycles. The number of pyridine rings is 2. The highest BCUT2D eigenvalue weighted by molar-refractivity contribution is 5.95. The largest absolute Gasteiger partial charge is 0.481 e. The average molecular weight is 681 g/mol. The molecule has 49 heavy (non-hydrogen) atoms. The van der Waals surface area contributed by atoms with Gasteiger partial charge in [0.2, 0.25) is 5.88 Å². The van der Waals surface area contributed by atoms with E-state index in [1.165, 1.54) is 30.8 Å². The monoisotopic (exact) mass is 680 g/mol. The Balaban J connectivity index is 1.41. The summed E-state index contributed by atoms with van der Waals surface area (Å²) in [7, 11) is 1.45. The number of ketones is 1. The van der Waals surface area contributed by atoms with Crippen LogP contribution in [-0.2, 0) is 17.5 Å². The van der Waals surface area contributed by atoms with Crippen LogP contribution in [0.2, 0.25) is 0 Å². The van der Waals surface area contributed by atoms with E-state index in [0.29, 0.717) is 33.5 Å². The molecule has 13 heteroatoms. The molecular weight excluding hydrogens is 647 g/mol. The highest BCUT2D eigenvalue weighted by Crippen LogP contribution is 2.41. The van der Waals surface area contributed by atoms with Crippen LogP contribution in [0.25, 0.3) is 22.3 Å². The first-order valence-electron chi connectivity index (χ1n) is 15.5. The number of carbonyl (C=O) groups excluding carboxylic acids is 2. The fraction of sp³-hybridized carbons (Fsp3) is 0.333. The number of carbonyl (C=O) groups is 2. The third-order valence-corrected chi connectivity index (χ3v) is 8.87. The second-order valence-corrected chi connectivity index (χ2v) is 12.5. The van der Waals surface area contributed by atoms with E-state index in [2.05, 4.69) is 4.98 Å². The zero-order chi connectivity index (χ0) is 35.4. The fourth-order valence-corrected chi connectivity index (χ4v) is 6.33. The third-order valence-electron chi connectivity index (χ3n) is 8.87. The first kappa shape index (κ1) is 33.8. The Bertz CT molecular complexity index is 1960. The first-order valence-corrected chi connectivity index (χ1v) is 15.5. The van der Waals surface area contributed by atoms with Gasteiger partial charge in [-0.25, -0.2) is 23.5 Å². The maximum atomic E-state index is 13.8. The molecule has 256 valence electrons. The van der Waals surface area contributed by atoms with Crippen LogP contribution < -0.4 is 9.64 Å². The number of benzene rings is 2. The molecule has 0 saturated carbocycles. The van der Waals surface area contributed by atoms with Gasteiger partial charge in [0.1, 0.15) is 11.9 Å². The number of cyclic esters (lactones) is 1. The van der Waals surface area contributed by atoms with Gasteiger partial charge in [-0.05, 0) is 80.8 Å². The lowest BCUT2D eigenvalue weighted by Gasteiger charge is -2.39. The zero-order valence-electron chi connectivity index (χ0n) is 27.4. The van der Waals surface area contributed by atoms with E-state index in [9.17, 15) is 31.5 Å². The molecular formula is C36H33F5N4O4. The van der Waals surface area contributed by atoms with Crippen LogP contribution in [0.1, 0.15) is 58.3 Å². The van der Waals surface area contributed by atoms with Crippen LogP contribution >= 0.6 is 0 Å². The molecule has 0 bridgehead atoms. The van der Waals surface area contributed by atoms with Gasteiger partial charge in [-0.1, -0.05) is 23.8 Å². The number of alkyl halides is 5. The van der Waals surface area contributed by atoms with Crippen molar-refractivity contribution in [2.45, 2.75) is 58.5 Å². The normalized spacial score (nSPS) is 18.7. The molecule has 2 fully saturated rings. The van der Waals surface area contributed by atoms with Gasteiger partial charge < -0.3 is 14.4 Å². The lowest BCUT2D eigenvalue weighted by atomic mass is 9.95. The molecule has 8 nitrogen and oxygen atoms in total. The van der Waals surface area contributed by atoms with Crippen molar-refractivity contribution in [2.24, 2.45) is 0 Å². The Hall–Kier alpha value is -5.07. The van der Waals surface area contributed by atoms with Crippen LogP contribution in [0, 0.1) is 13.8 Å². The van der Waals surface area contributed by atoms with Crippen LogP contribution in [0.5, 0.6) is 5.88 Å². The summed E-state index contributed by atoms with van der Waals surface area (Å²) >= 11 is 0. The summed E-state index contributed by atoms with van der Waals surface area (Å²) in [6.07, 6.45) is -4.73. The van der Waals surface area contributed by atoms with Gasteiger partial charge in [0.05, 0.1) is 44.0 Å². The van der Waals surface area contributed by atoms with Crippen molar-refractivity contribution >= 4 is 17.7 Å². The molecule has 2 aromatic carbocycles. The summed E-state index contributed by atoms with van der Waals surface area (Å²) in [4.78, 5) is 37.3.